The maximum absolute atomic E-state index is 11.3. The molecule has 0 atom stereocenters. The molecule has 0 saturated heterocycles. The quantitative estimate of drug-likeness (QED) is 0.518. The molecule has 5 heteroatoms. The predicted octanol–water partition coefficient (Wildman–Crippen LogP) is 2.84. The molecule has 2 nitrogen and oxygen atoms in total. The Labute approximate surface area is 132 Å². The molecule has 17 heavy (non-hydrogen) atoms. The van der Waals surface area contributed by atoms with Gasteiger partial charge in [0.1, 0.15) is 0 Å². The Kier molecular flexibility index (Phi) is 5.76. The first-order valence-electron chi connectivity index (χ1n) is 4.67. The number of rotatable bonds is 2. The van der Waals surface area contributed by atoms with Crippen LogP contribution in [-0.2, 0) is 4.74 Å². The van der Waals surface area contributed by atoms with E-state index in [0.29, 0.717) is 5.56 Å². The summed E-state index contributed by atoms with van der Waals surface area (Å²) in [6.07, 6.45) is 0. The van der Waals surface area contributed by atoms with E-state index < -0.39 is 0 Å². The average molecular weight is 274 g/mol. The van der Waals surface area contributed by atoms with E-state index in [9.17, 15) is 4.79 Å². The van der Waals surface area contributed by atoms with Crippen molar-refractivity contribution in [1.82, 2.24) is 0 Å². The van der Waals surface area contributed by atoms with Crippen molar-refractivity contribution in [3.8, 4) is 10.4 Å². The Hall–Kier alpha value is -0.260. The molecule has 0 radical (unpaired) electrons. The fraction of sp³-hybridized carbons (Fsp3) is 0.0833. The molecule has 0 spiro atoms. The van der Waals surface area contributed by atoms with Crippen LogP contribution in [0.1, 0.15) is 10.4 Å². The molecule has 0 amide bonds. The summed E-state index contributed by atoms with van der Waals surface area (Å²) in [4.78, 5) is 13.2. The molecule has 2 aromatic rings. The second-order valence-corrected chi connectivity index (χ2v) is 4.60. The molecule has 1 aromatic carbocycles. The standard InChI is InChI=1S/C12H10O2S2.Na.H/c1-14-12(13)8-6-11(16-7-8)9-4-2-3-5-10(9)15;;/h2-7,15H,1H3;;. The Morgan fingerprint density at radius 3 is 2.71 bits per heavy atom. The van der Waals surface area contributed by atoms with Crippen molar-refractivity contribution >= 4 is 59.5 Å². The second kappa shape index (κ2) is 6.61. The van der Waals surface area contributed by atoms with E-state index in [-0.39, 0.29) is 35.5 Å². The minimum absolute atomic E-state index is 0. The van der Waals surface area contributed by atoms with Gasteiger partial charge < -0.3 is 4.74 Å². The summed E-state index contributed by atoms with van der Waals surface area (Å²) < 4.78 is 4.66. The van der Waals surface area contributed by atoms with Crippen molar-refractivity contribution in [2.75, 3.05) is 7.11 Å². The van der Waals surface area contributed by atoms with Gasteiger partial charge in [-0.2, -0.15) is 0 Å². The molecule has 0 unspecified atom stereocenters. The zero-order chi connectivity index (χ0) is 11.5. The number of hydrogen-bond donors (Lipinski definition) is 1. The third-order valence-electron chi connectivity index (χ3n) is 2.19. The van der Waals surface area contributed by atoms with Crippen molar-refractivity contribution in [3.05, 3.63) is 41.3 Å². The van der Waals surface area contributed by atoms with Crippen LogP contribution in [0, 0.1) is 0 Å². The van der Waals surface area contributed by atoms with Crippen molar-refractivity contribution in [2.24, 2.45) is 0 Å². The number of esters is 1. The van der Waals surface area contributed by atoms with Gasteiger partial charge in [0.05, 0.1) is 12.7 Å². The molecule has 0 aliphatic heterocycles. The van der Waals surface area contributed by atoms with E-state index in [1.807, 2.05) is 30.3 Å². The van der Waals surface area contributed by atoms with Crippen molar-refractivity contribution in [2.45, 2.75) is 4.90 Å². The van der Waals surface area contributed by atoms with Gasteiger partial charge >= 0.3 is 35.5 Å². The van der Waals surface area contributed by atoms with Crippen molar-refractivity contribution in [3.63, 3.8) is 0 Å². The molecule has 0 aliphatic rings. The molecular weight excluding hydrogens is 263 g/mol. The van der Waals surface area contributed by atoms with Gasteiger partial charge in [-0.1, -0.05) is 18.2 Å². The summed E-state index contributed by atoms with van der Waals surface area (Å²) in [5, 5.41) is 1.79. The second-order valence-electron chi connectivity index (χ2n) is 3.21. The molecule has 0 saturated carbocycles. The average Bonchev–Trinajstić information content (AvgIpc) is 2.78. The van der Waals surface area contributed by atoms with Gasteiger partial charge in [0.2, 0.25) is 0 Å². The first kappa shape index (κ1) is 14.8. The van der Waals surface area contributed by atoms with Crippen LogP contribution in [-0.4, -0.2) is 42.6 Å². The zero-order valence-corrected chi connectivity index (χ0v) is 10.3. The Bertz CT molecular complexity index is 523. The Balaban J connectivity index is 0.00000144. The minimum atomic E-state index is -0.306. The number of benzene rings is 1. The Morgan fingerprint density at radius 2 is 2.06 bits per heavy atom. The number of ether oxygens (including phenoxy) is 1. The predicted molar refractivity (Wildman–Crippen MR) is 75.5 cm³/mol. The summed E-state index contributed by atoms with van der Waals surface area (Å²) in [7, 11) is 1.38. The monoisotopic (exact) mass is 274 g/mol. The topological polar surface area (TPSA) is 26.3 Å². The molecule has 1 heterocycles. The maximum atomic E-state index is 11.3. The van der Waals surface area contributed by atoms with E-state index in [1.165, 1.54) is 18.4 Å². The number of carbonyl (C=O) groups excluding carboxylic acids is 1. The normalized spacial score (nSPS) is 9.53. The van der Waals surface area contributed by atoms with Gasteiger partial charge in [-0.3, -0.25) is 0 Å². The molecule has 84 valence electrons. The molecule has 0 fully saturated rings. The van der Waals surface area contributed by atoms with Gasteiger partial charge in [-0.25, -0.2) is 4.79 Å². The summed E-state index contributed by atoms with van der Waals surface area (Å²) in [5.41, 5.74) is 1.62. The number of methoxy groups -OCH3 is 1. The van der Waals surface area contributed by atoms with Crippen LogP contribution in [0.25, 0.3) is 10.4 Å². The van der Waals surface area contributed by atoms with Crippen LogP contribution in [0.5, 0.6) is 0 Å². The zero-order valence-electron chi connectivity index (χ0n) is 8.64. The third kappa shape index (κ3) is 3.36. The molecule has 1 aromatic heterocycles. The van der Waals surface area contributed by atoms with Crippen LogP contribution in [0.4, 0.5) is 0 Å². The van der Waals surface area contributed by atoms with E-state index >= 15 is 0 Å². The van der Waals surface area contributed by atoms with Crippen LogP contribution < -0.4 is 0 Å². The fourth-order valence-electron chi connectivity index (χ4n) is 1.38. The summed E-state index contributed by atoms with van der Waals surface area (Å²) in [5.74, 6) is -0.306. The molecule has 0 bridgehead atoms. The first-order chi connectivity index (χ1) is 7.72. The number of hydrogen-bond acceptors (Lipinski definition) is 4. The van der Waals surface area contributed by atoms with Crippen LogP contribution in [0.2, 0.25) is 0 Å². The van der Waals surface area contributed by atoms with Crippen LogP contribution >= 0.6 is 24.0 Å². The molecule has 2 rings (SSSR count). The fourth-order valence-corrected chi connectivity index (χ4v) is 2.66. The van der Waals surface area contributed by atoms with Gasteiger partial charge in [0, 0.05) is 20.7 Å². The molecule has 0 aliphatic carbocycles. The summed E-state index contributed by atoms with van der Waals surface area (Å²) in [6, 6.07) is 9.62. The number of thiol groups is 1. The van der Waals surface area contributed by atoms with Crippen molar-refractivity contribution < 1.29 is 9.53 Å². The van der Waals surface area contributed by atoms with E-state index in [2.05, 4.69) is 17.4 Å². The Morgan fingerprint density at radius 1 is 1.35 bits per heavy atom. The summed E-state index contributed by atoms with van der Waals surface area (Å²) >= 11 is 5.89. The SMILES string of the molecule is COC(=O)c1csc(-c2ccccc2S)c1.[NaH]. The third-order valence-corrected chi connectivity index (χ3v) is 3.54. The van der Waals surface area contributed by atoms with E-state index in [1.54, 1.807) is 5.38 Å². The molecule has 0 N–H and O–H groups in total. The first-order valence-corrected chi connectivity index (χ1v) is 6.00. The van der Waals surface area contributed by atoms with Gasteiger partial charge in [-0.05, 0) is 12.1 Å². The van der Waals surface area contributed by atoms with Crippen LogP contribution in [0.3, 0.4) is 0 Å². The van der Waals surface area contributed by atoms with Gasteiger partial charge in [0.15, 0.2) is 0 Å². The van der Waals surface area contributed by atoms with Crippen molar-refractivity contribution in [1.29, 1.82) is 0 Å². The van der Waals surface area contributed by atoms with Gasteiger partial charge in [-0.15, -0.1) is 24.0 Å². The van der Waals surface area contributed by atoms with E-state index in [4.69, 9.17) is 0 Å². The van der Waals surface area contributed by atoms with Crippen LogP contribution in [0.15, 0.2) is 40.6 Å². The summed E-state index contributed by atoms with van der Waals surface area (Å²) in [6.45, 7) is 0. The van der Waals surface area contributed by atoms with Gasteiger partial charge in [0.25, 0.3) is 0 Å². The molecular formula is C12H11NaO2S2. The number of carbonyl (C=O) groups is 1. The number of thiophene rings is 1. The van der Waals surface area contributed by atoms with E-state index in [0.717, 1.165) is 15.3 Å².